The number of nitrogens with zero attached hydrogens (tertiary/aromatic N) is 4. The number of amidine groups is 1. The minimum absolute atomic E-state index is 0.0477. The molecule has 0 saturated carbocycles. The number of carbonyl (C=O) groups is 1. The average molecular weight is 545 g/mol. The third-order valence-electron chi connectivity index (χ3n) is 5.91. The van der Waals surface area contributed by atoms with Crippen LogP contribution in [-0.4, -0.2) is 78.4 Å². The molecule has 3 heterocycles. The van der Waals surface area contributed by atoms with Gasteiger partial charge < -0.3 is 20.3 Å². The molecule has 1 unspecified atom stereocenters. The Labute approximate surface area is 213 Å². The highest BCUT2D eigenvalue weighted by atomic mass is 32.1. The van der Waals surface area contributed by atoms with Crippen LogP contribution >= 0.6 is 11.5 Å². The molecule has 0 aliphatic carbocycles. The van der Waals surface area contributed by atoms with Crippen LogP contribution in [0.2, 0.25) is 0 Å². The van der Waals surface area contributed by atoms with Crippen molar-refractivity contribution in [3.05, 3.63) is 35.3 Å². The fourth-order valence-corrected chi connectivity index (χ4v) is 4.78. The lowest BCUT2D eigenvalue weighted by atomic mass is 10.1. The second-order valence-electron chi connectivity index (χ2n) is 8.61. The number of benzene rings is 1. The molecule has 0 spiro atoms. The average Bonchev–Trinajstić information content (AvgIpc) is 3.21. The highest BCUT2D eigenvalue weighted by Crippen LogP contribution is 2.29. The van der Waals surface area contributed by atoms with Gasteiger partial charge in [-0.3, -0.25) is 14.8 Å². The highest BCUT2D eigenvalue weighted by molar-refractivity contribution is 7.11. The van der Waals surface area contributed by atoms with Gasteiger partial charge in [0.05, 0.1) is 24.0 Å². The predicted octanol–water partition coefficient (Wildman–Crippen LogP) is 4.48. The molecule has 2 aromatic rings. The van der Waals surface area contributed by atoms with E-state index in [-0.39, 0.29) is 33.9 Å². The molecule has 2 aliphatic heterocycles. The largest absolute Gasteiger partial charge is 0.487 e. The molecular formula is C23H25F5N6O2S. The van der Waals surface area contributed by atoms with Crippen molar-refractivity contribution < 1.29 is 31.5 Å². The van der Waals surface area contributed by atoms with E-state index in [1.165, 1.54) is 12.1 Å². The predicted molar refractivity (Wildman–Crippen MR) is 132 cm³/mol. The van der Waals surface area contributed by atoms with E-state index in [1.54, 1.807) is 6.92 Å². The van der Waals surface area contributed by atoms with E-state index in [0.29, 0.717) is 38.2 Å². The number of hydrogen-bond acceptors (Lipinski definition) is 8. The number of nitrogens with one attached hydrogen (secondary N) is 2. The summed E-state index contributed by atoms with van der Waals surface area (Å²) >= 11 is 0.882. The number of aryl methyl sites for hydroxylation is 1. The first-order valence-electron chi connectivity index (χ1n) is 11.6. The topological polar surface area (TPSA) is 91.2 Å². The fraction of sp³-hybridized carbons (Fsp3) is 0.478. The molecular weight excluding hydrogens is 519 g/mol. The number of aromatic nitrogens is 1. The maximum Gasteiger partial charge on any atom is 0.412 e. The van der Waals surface area contributed by atoms with E-state index in [1.807, 2.05) is 4.90 Å². The van der Waals surface area contributed by atoms with Crippen molar-refractivity contribution in [2.75, 3.05) is 43.5 Å². The van der Waals surface area contributed by atoms with E-state index >= 15 is 0 Å². The Balaban J connectivity index is 1.40. The van der Waals surface area contributed by atoms with E-state index in [2.05, 4.69) is 25.0 Å². The lowest BCUT2D eigenvalue weighted by Gasteiger charge is -2.31. The van der Waals surface area contributed by atoms with Gasteiger partial charge in [-0.2, -0.15) is 17.5 Å². The van der Waals surface area contributed by atoms with Crippen molar-refractivity contribution in [1.29, 1.82) is 0 Å². The molecule has 0 bridgehead atoms. The SMILES string of the molecule is Cc1nsc(NC2=NC(C(F)(F)F)CN=C2)c1C(=O)Nc1ccc(OC2CCN(CCF)CC2)c(F)c1. The molecule has 1 atom stereocenters. The van der Waals surface area contributed by atoms with Crippen LogP contribution in [0, 0.1) is 12.7 Å². The standard InChI is InChI=1S/C23H25F5N6O2S/c1-13-20(22(37-33-13)32-19-12-29-11-18(31-19)23(26,27)28)21(35)30-14-2-3-17(16(25)10-14)36-15-4-7-34(8-5-15)9-6-24/h2-3,10,12,15,18H,4-9,11H2,1H3,(H,30,35)(H,31,32). The van der Waals surface area contributed by atoms with Gasteiger partial charge in [0, 0.05) is 31.4 Å². The Hall–Kier alpha value is -3.13. The second-order valence-corrected chi connectivity index (χ2v) is 9.38. The monoisotopic (exact) mass is 544 g/mol. The van der Waals surface area contributed by atoms with Crippen molar-refractivity contribution in [1.82, 2.24) is 9.27 Å². The number of alkyl halides is 4. The van der Waals surface area contributed by atoms with E-state index in [0.717, 1.165) is 23.8 Å². The summed E-state index contributed by atoms with van der Waals surface area (Å²) in [6.07, 6.45) is -2.27. The van der Waals surface area contributed by atoms with Crippen LogP contribution in [0.4, 0.5) is 32.6 Å². The summed E-state index contributed by atoms with van der Waals surface area (Å²) in [5.74, 6) is -1.38. The summed E-state index contributed by atoms with van der Waals surface area (Å²) in [7, 11) is 0. The molecule has 1 amide bonds. The third kappa shape index (κ3) is 6.80. The summed E-state index contributed by atoms with van der Waals surface area (Å²) in [4.78, 5) is 22.3. The second kappa shape index (κ2) is 11.5. The van der Waals surface area contributed by atoms with Crippen molar-refractivity contribution in [2.45, 2.75) is 38.1 Å². The first-order chi connectivity index (χ1) is 17.6. The molecule has 37 heavy (non-hydrogen) atoms. The summed E-state index contributed by atoms with van der Waals surface area (Å²) in [6, 6.07) is 2.06. The molecule has 2 aliphatic rings. The lowest BCUT2D eigenvalue weighted by Crippen LogP contribution is -2.39. The number of carbonyl (C=O) groups excluding carboxylic acids is 1. The molecule has 0 radical (unpaired) electrons. The summed E-state index contributed by atoms with van der Waals surface area (Å²) < 4.78 is 76.1. The molecule has 2 N–H and O–H groups in total. The van der Waals surface area contributed by atoms with Crippen molar-refractivity contribution in [3.8, 4) is 5.75 Å². The normalized spacial score (nSPS) is 19.0. The Morgan fingerprint density at radius 1 is 1.27 bits per heavy atom. The zero-order valence-electron chi connectivity index (χ0n) is 19.8. The van der Waals surface area contributed by atoms with Gasteiger partial charge in [-0.05, 0) is 43.4 Å². The van der Waals surface area contributed by atoms with E-state index < -0.39 is 37.2 Å². The van der Waals surface area contributed by atoms with Crippen molar-refractivity contribution >= 4 is 40.2 Å². The fourth-order valence-electron chi connectivity index (χ4n) is 3.98. The van der Waals surface area contributed by atoms with Crippen LogP contribution in [0.15, 0.2) is 28.2 Å². The number of rotatable bonds is 7. The van der Waals surface area contributed by atoms with Gasteiger partial charge in [-0.25, -0.2) is 8.78 Å². The number of aliphatic imine (C=N–C) groups is 2. The van der Waals surface area contributed by atoms with Crippen LogP contribution in [-0.2, 0) is 0 Å². The number of piperidine rings is 1. The molecule has 1 aromatic carbocycles. The first-order valence-corrected chi connectivity index (χ1v) is 12.3. The van der Waals surface area contributed by atoms with Gasteiger partial charge in [-0.1, -0.05) is 0 Å². The number of halogens is 5. The quantitative estimate of drug-likeness (QED) is 0.502. The summed E-state index contributed by atoms with van der Waals surface area (Å²) in [5.41, 5.74) is 0.596. The third-order valence-corrected chi connectivity index (χ3v) is 6.77. The molecule has 1 aromatic heterocycles. The van der Waals surface area contributed by atoms with E-state index in [9.17, 15) is 26.7 Å². The molecule has 14 heteroatoms. The van der Waals surface area contributed by atoms with Crippen LogP contribution in [0.25, 0.3) is 0 Å². The minimum Gasteiger partial charge on any atom is -0.487 e. The van der Waals surface area contributed by atoms with Gasteiger partial charge in [0.1, 0.15) is 23.6 Å². The molecule has 8 nitrogen and oxygen atoms in total. The zero-order valence-corrected chi connectivity index (χ0v) is 20.6. The number of hydrogen-bond donors (Lipinski definition) is 2. The first kappa shape index (κ1) is 26.9. The number of likely N-dealkylation sites (tertiary alicyclic amines) is 1. The Bertz CT molecular complexity index is 1180. The van der Waals surface area contributed by atoms with Crippen LogP contribution in [0.1, 0.15) is 28.9 Å². The van der Waals surface area contributed by atoms with Crippen molar-refractivity contribution in [2.24, 2.45) is 9.98 Å². The highest BCUT2D eigenvalue weighted by Gasteiger charge is 2.40. The zero-order chi connectivity index (χ0) is 26.6. The van der Waals surface area contributed by atoms with Crippen molar-refractivity contribution in [3.63, 3.8) is 0 Å². The summed E-state index contributed by atoms with van der Waals surface area (Å²) in [5, 5.41) is 5.46. The van der Waals surface area contributed by atoms with Gasteiger partial charge in [0.25, 0.3) is 5.91 Å². The smallest absolute Gasteiger partial charge is 0.412 e. The number of anilines is 2. The Kier molecular flexibility index (Phi) is 8.37. The minimum atomic E-state index is -4.54. The summed E-state index contributed by atoms with van der Waals surface area (Å²) in [6.45, 7) is 2.37. The Morgan fingerprint density at radius 2 is 2.03 bits per heavy atom. The lowest BCUT2D eigenvalue weighted by molar-refractivity contribution is -0.144. The van der Waals surface area contributed by atoms with Gasteiger partial charge in [-0.15, -0.1) is 0 Å². The van der Waals surface area contributed by atoms with Crippen LogP contribution < -0.4 is 15.4 Å². The number of ether oxygens (including phenoxy) is 1. The molecule has 200 valence electrons. The molecule has 1 fully saturated rings. The van der Waals surface area contributed by atoms with Crippen LogP contribution in [0.5, 0.6) is 5.75 Å². The van der Waals surface area contributed by atoms with Gasteiger partial charge >= 0.3 is 6.18 Å². The molecule has 1 saturated heterocycles. The Morgan fingerprint density at radius 3 is 2.70 bits per heavy atom. The van der Waals surface area contributed by atoms with Gasteiger partial charge in [0.2, 0.25) is 0 Å². The maximum absolute atomic E-state index is 14.7. The molecule has 4 rings (SSSR count). The van der Waals surface area contributed by atoms with E-state index in [4.69, 9.17) is 4.74 Å². The van der Waals surface area contributed by atoms with Gasteiger partial charge in [0.15, 0.2) is 17.6 Å². The number of amides is 1. The van der Waals surface area contributed by atoms with Crippen LogP contribution in [0.3, 0.4) is 0 Å². The maximum atomic E-state index is 14.7.